The lowest BCUT2D eigenvalue weighted by molar-refractivity contribution is -0.137. The van der Waals surface area contributed by atoms with E-state index in [1.807, 2.05) is 37.3 Å². The van der Waals surface area contributed by atoms with E-state index in [9.17, 15) is 9.59 Å². The normalized spacial score (nSPS) is 16.8. The minimum atomic E-state index is -0.561. The summed E-state index contributed by atoms with van der Waals surface area (Å²) in [6.07, 6.45) is 3.13. The van der Waals surface area contributed by atoms with Gasteiger partial charge in [-0.2, -0.15) is 0 Å². The number of esters is 1. The van der Waals surface area contributed by atoms with Crippen molar-refractivity contribution in [1.29, 1.82) is 0 Å². The van der Waals surface area contributed by atoms with Crippen LogP contribution < -0.4 is 4.74 Å². The van der Waals surface area contributed by atoms with Gasteiger partial charge >= 0.3 is 5.97 Å². The maximum Gasteiger partial charge on any atom is 0.342 e. The topological polar surface area (TPSA) is 55.8 Å². The molecule has 5 nitrogen and oxygen atoms in total. The van der Waals surface area contributed by atoms with Gasteiger partial charge in [0.2, 0.25) is 0 Å². The van der Waals surface area contributed by atoms with Gasteiger partial charge in [-0.3, -0.25) is 4.79 Å². The summed E-state index contributed by atoms with van der Waals surface area (Å²) in [7, 11) is 0. The van der Waals surface area contributed by atoms with E-state index in [0.29, 0.717) is 17.1 Å². The third kappa shape index (κ3) is 4.42. The van der Waals surface area contributed by atoms with Crippen molar-refractivity contribution >= 4 is 11.9 Å². The van der Waals surface area contributed by atoms with Crippen LogP contribution in [-0.4, -0.2) is 36.0 Å². The number of hydrogen-bond donors (Lipinski definition) is 0. The predicted molar refractivity (Wildman–Crippen MR) is 98.3 cm³/mol. The van der Waals surface area contributed by atoms with Gasteiger partial charge in [-0.05, 0) is 50.5 Å². The summed E-state index contributed by atoms with van der Waals surface area (Å²) in [5.74, 6) is 0.329. The number of rotatable bonds is 5. The van der Waals surface area contributed by atoms with Crippen LogP contribution in [0.25, 0.3) is 0 Å². The molecule has 0 radical (unpaired) electrons. The molecule has 1 amide bonds. The van der Waals surface area contributed by atoms with Crippen LogP contribution in [0, 0.1) is 0 Å². The summed E-state index contributed by atoms with van der Waals surface area (Å²) in [4.78, 5) is 26.6. The quantitative estimate of drug-likeness (QED) is 0.762. The Balaban J connectivity index is 1.64. The molecule has 1 aliphatic heterocycles. The Labute approximate surface area is 153 Å². The maximum atomic E-state index is 12.5. The molecule has 0 unspecified atom stereocenters. The second-order valence-electron chi connectivity index (χ2n) is 6.42. The Morgan fingerprint density at radius 1 is 1.04 bits per heavy atom. The van der Waals surface area contributed by atoms with E-state index in [2.05, 4.69) is 0 Å². The highest BCUT2D eigenvalue weighted by Gasteiger charge is 2.24. The van der Waals surface area contributed by atoms with E-state index in [1.165, 1.54) is 0 Å². The molecule has 1 aliphatic rings. The van der Waals surface area contributed by atoms with E-state index in [4.69, 9.17) is 9.47 Å². The summed E-state index contributed by atoms with van der Waals surface area (Å²) in [6.45, 7) is 2.51. The largest absolute Gasteiger partial charge is 0.456 e. The summed E-state index contributed by atoms with van der Waals surface area (Å²) in [6, 6.07) is 16.3. The van der Waals surface area contributed by atoms with E-state index < -0.39 is 5.97 Å². The zero-order valence-corrected chi connectivity index (χ0v) is 14.9. The Morgan fingerprint density at radius 3 is 2.54 bits per heavy atom. The van der Waals surface area contributed by atoms with Crippen LogP contribution in [0.5, 0.6) is 11.5 Å². The van der Waals surface area contributed by atoms with Gasteiger partial charge in [0.1, 0.15) is 17.1 Å². The Kier molecular flexibility index (Phi) is 5.89. The first-order chi connectivity index (χ1) is 12.6. The van der Waals surface area contributed by atoms with E-state index in [-0.39, 0.29) is 18.6 Å². The zero-order valence-electron chi connectivity index (χ0n) is 14.9. The lowest BCUT2D eigenvalue weighted by Crippen LogP contribution is -2.44. The SMILES string of the molecule is C[C@@H]1CCCCN1C(=O)COC(=O)c1ccccc1Oc1ccccc1. The van der Waals surface area contributed by atoms with Crippen LogP contribution in [0.3, 0.4) is 0 Å². The molecule has 2 aromatic rings. The molecule has 3 rings (SSSR count). The molecule has 26 heavy (non-hydrogen) atoms. The van der Waals surface area contributed by atoms with Crippen molar-refractivity contribution < 1.29 is 19.1 Å². The number of para-hydroxylation sites is 2. The molecular formula is C21H23NO4. The van der Waals surface area contributed by atoms with Gasteiger partial charge < -0.3 is 14.4 Å². The van der Waals surface area contributed by atoms with Gasteiger partial charge in [-0.25, -0.2) is 4.79 Å². The van der Waals surface area contributed by atoms with Gasteiger partial charge in [0, 0.05) is 12.6 Å². The smallest absolute Gasteiger partial charge is 0.342 e. The Morgan fingerprint density at radius 2 is 1.77 bits per heavy atom. The third-order valence-corrected chi connectivity index (χ3v) is 4.53. The summed E-state index contributed by atoms with van der Waals surface area (Å²) in [5.41, 5.74) is 0.302. The third-order valence-electron chi connectivity index (χ3n) is 4.53. The van der Waals surface area contributed by atoms with Crippen molar-refractivity contribution in [3.8, 4) is 11.5 Å². The molecule has 2 aromatic carbocycles. The monoisotopic (exact) mass is 353 g/mol. The molecule has 5 heteroatoms. The molecule has 1 saturated heterocycles. The first-order valence-corrected chi connectivity index (χ1v) is 8.93. The number of carbonyl (C=O) groups excluding carboxylic acids is 2. The van der Waals surface area contributed by atoms with E-state index >= 15 is 0 Å². The van der Waals surface area contributed by atoms with Crippen LogP contribution in [0.2, 0.25) is 0 Å². The van der Waals surface area contributed by atoms with Crippen molar-refractivity contribution in [3.63, 3.8) is 0 Å². The highest BCUT2D eigenvalue weighted by molar-refractivity contribution is 5.94. The minimum Gasteiger partial charge on any atom is -0.456 e. The predicted octanol–water partition coefficient (Wildman–Crippen LogP) is 4.04. The fraction of sp³-hybridized carbons (Fsp3) is 0.333. The molecular weight excluding hydrogens is 330 g/mol. The lowest BCUT2D eigenvalue weighted by atomic mass is 10.0. The van der Waals surface area contributed by atoms with Gasteiger partial charge in [0.15, 0.2) is 6.61 Å². The molecule has 1 fully saturated rings. The molecule has 1 atom stereocenters. The molecule has 0 N–H and O–H groups in total. The number of piperidine rings is 1. The Hall–Kier alpha value is -2.82. The lowest BCUT2D eigenvalue weighted by Gasteiger charge is -2.33. The minimum absolute atomic E-state index is 0.146. The van der Waals surface area contributed by atoms with Crippen LogP contribution in [0.1, 0.15) is 36.5 Å². The van der Waals surface area contributed by atoms with Crippen molar-refractivity contribution in [1.82, 2.24) is 4.90 Å². The fourth-order valence-electron chi connectivity index (χ4n) is 3.10. The zero-order chi connectivity index (χ0) is 18.4. The number of hydrogen-bond acceptors (Lipinski definition) is 4. The molecule has 0 aliphatic carbocycles. The molecule has 0 aromatic heterocycles. The van der Waals surface area contributed by atoms with Crippen LogP contribution in [-0.2, 0) is 9.53 Å². The van der Waals surface area contributed by atoms with Crippen molar-refractivity contribution in [2.75, 3.05) is 13.2 Å². The number of ether oxygens (including phenoxy) is 2. The number of carbonyl (C=O) groups is 2. The van der Waals surface area contributed by atoms with E-state index in [1.54, 1.807) is 29.2 Å². The standard InChI is InChI=1S/C21H23NO4/c1-16-9-7-8-14-22(16)20(23)15-25-21(24)18-12-5-6-13-19(18)26-17-10-3-2-4-11-17/h2-6,10-13,16H,7-9,14-15H2,1H3/t16-/m1/s1. The first-order valence-electron chi connectivity index (χ1n) is 8.93. The number of nitrogens with zero attached hydrogens (tertiary/aromatic N) is 1. The maximum absolute atomic E-state index is 12.5. The summed E-state index contributed by atoms with van der Waals surface area (Å²) < 4.78 is 11.0. The molecule has 0 saturated carbocycles. The van der Waals surface area contributed by atoms with Crippen LogP contribution in [0.4, 0.5) is 0 Å². The van der Waals surface area contributed by atoms with Crippen molar-refractivity contribution in [3.05, 3.63) is 60.2 Å². The summed E-state index contributed by atoms with van der Waals surface area (Å²) in [5, 5.41) is 0. The highest BCUT2D eigenvalue weighted by Crippen LogP contribution is 2.25. The van der Waals surface area contributed by atoms with Gasteiger partial charge in [-0.15, -0.1) is 0 Å². The molecule has 136 valence electrons. The molecule has 0 bridgehead atoms. The van der Waals surface area contributed by atoms with Crippen molar-refractivity contribution in [2.24, 2.45) is 0 Å². The molecule has 1 heterocycles. The average Bonchev–Trinajstić information content (AvgIpc) is 2.67. The van der Waals surface area contributed by atoms with Crippen LogP contribution in [0.15, 0.2) is 54.6 Å². The van der Waals surface area contributed by atoms with Gasteiger partial charge in [-0.1, -0.05) is 30.3 Å². The Bertz CT molecular complexity index is 760. The first kappa shape index (κ1) is 18.0. The fourth-order valence-corrected chi connectivity index (χ4v) is 3.10. The average molecular weight is 353 g/mol. The second-order valence-corrected chi connectivity index (χ2v) is 6.42. The number of benzene rings is 2. The van der Waals surface area contributed by atoms with Crippen LogP contribution >= 0.6 is 0 Å². The van der Waals surface area contributed by atoms with Gasteiger partial charge in [0.05, 0.1) is 0 Å². The van der Waals surface area contributed by atoms with E-state index in [0.717, 1.165) is 25.8 Å². The number of likely N-dealkylation sites (tertiary alicyclic amines) is 1. The van der Waals surface area contributed by atoms with Gasteiger partial charge in [0.25, 0.3) is 5.91 Å². The van der Waals surface area contributed by atoms with Crippen molar-refractivity contribution in [2.45, 2.75) is 32.2 Å². The second kappa shape index (κ2) is 8.52. The molecule has 0 spiro atoms. The number of amides is 1. The highest BCUT2D eigenvalue weighted by atomic mass is 16.5. The summed E-state index contributed by atoms with van der Waals surface area (Å²) >= 11 is 0.